The highest BCUT2D eigenvalue weighted by molar-refractivity contribution is 6.36. The van der Waals surface area contributed by atoms with Gasteiger partial charge in [0.2, 0.25) is 0 Å². The average Bonchev–Trinajstić information content (AvgIpc) is 3.11. The van der Waals surface area contributed by atoms with Gasteiger partial charge in [-0.2, -0.15) is 0 Å². The number of halogens is 2. The van der Waals surface area contributed by atoms with Crippen LogP contribution in [0.25, 0.3) is 11.4 Å². The summed E-state index contributed by atoms with van der Waals surface area (Å²) in [6.45, 7) is 2.28. The van der Waals surface area contributed by atoms with Crippen molar-refractivity contribution in [3.8, 4) is 17.1 Å². The smallest absolute Gasteiger partial charge is 0.148 e. The summed E-state index contributed by atoms with van der Waals surface area (Å²) in [4.78, 5) is 4.59. The standard InChI is InChI=1S/C19H22Cl2N2O3/c1-24-17-15(10-13(20)11-16(17)21)18-22-5-6-23(18)14-2-7-26-19(12-14)3-8-25-9-4-19/h5-6,10-11,14H,2-4,7-9,12H2,1H3. The fourth-order valence-corrected chi connectivity index (χ4v) is 4.65. The number of rotatable bonds is 3. The van der Waals surface area contributed by atoms with E-state index in [2.05, 4.69) is 9.55 Å². The van der Waals surface area contributed by atoms with Crippen LogP contribution in [0, 0.1) is 0 Å². The lowest BCUT2D eigenvalue weighted by Gasteiger charge is -2.43. The summed E-state index contributed by atoms with van der Waals surface area (Å²) in [5.41, 5.74) is 0.723. The van der Waals surface area contributed by atoms with Crippen molar-refractivity contribution in [1.82, 2.24) is 9.55 Å². The van der Waals surface area contributed by atoms with Gasteiger partial charge in [0.25, 0.3) is 0 Å². The van der Waals surface area contributed by atoms with Gasteiger partial charge in [-0.3, -0.25) is 0 Å². The molecule has 4 rings (SSSR count). The maximum Gasteiger partial charge on any atom is 0.148 e. The molecule has 2 saturated heterocycles. The number of hydrogen-bond acceptors (Lipinski definition) is 4. The van der Waals surface area contributed by atoms with E-state index in [0.717, 1.165) is 56.9 Å². The Morgan fingerprint density at radius 1 is 1.23 bits per heavy atom. The molecule has 1 aromatic heterocycles. The van der Waals surface area contributed by atoms with Crippen LogP contribution in [0.5, 0.6) is 5.75 Å². The van der Waals surface area contributed by atoms with Gasteiger partial charge in [0, 0.05) is 43.3 Å². The van der Waals surface area contributed by atoms with Crippen LogP contribution in [0.1, 0.15) is 31.7 Å². The van der Waals surface area contributed by atoms with Crippen LogP contribution >= 0.6 is 23.2 Å². The summed E-state index contributed by atoms with van der Waals surface area (Å²) in [6.07, 6.45) is 7.63. The van der Waals surface area contributed by atoms with Crippen LogP contribution in [-0.2, 0) is 9.47 Å². The lowest BCUT2D eigenvalue weighted by molar-refractivity contribution is -0.144. The van der Waals surface area contributed by atoms with Gasteiger partial charge in [0.05, 0.1) is 23.3 Å². The van der Waals surface area contributed by atoms with Crippen molar-refractivity contribution in [2.24, 2.45) is 0 Å². The van der Waals surface area contributed by atoms with Crippen molar-refractivity contribution in [3.05, 3.63) is 34.6 Å². The minimum absolute atomic E-state index is 0.0846. The highest BCUT2D eigenvalue weighted by Crippen LogP contribution is 2.43. The van der Waals surface area contributed by atoms with E-state index < -0.39 is 0 Å². The number of benzene rings is 1. The number of hydrogen-bond donors (Lipinski definition) is 0. The second-order valence-electron chi connectivity index (χ2n) is 6.92. The number of aromatic nitrogens is 2. The Labute approximate surface area is 163 Å². The quantitative estimate of drug-likeness (QED) is 0.749. The molecule has 26 heavy (non-hydrogen) atoms. The Bertz CT molecular complexity index is 782. The summed E-state index contributed by atoms with van der Waals surface area (Å²) in [5, 5.41) is 1.05. The van der Waals surface area contributed by atoms with E-state index >= 15 is 0 Å². The zero-order valence-electron chi connectivity index (χ0n) is 14.7. The van der Waals surface area contributed by atoms with Crippen LogP contribution < -0.4 is 4.74 Å². The molecule has 2 aliphatic rings. The summed E-state index contributed by atoms with van der Waals surface area (Å²) in [7, 11) is 1.61. The molecule has 0 aliphatic carbocycles. The van der Waals surface area contributed by atoms with Crippen molar-refractivity contribution < 1.29 is 14.2 Å². The Morgan fingerprint density at radius 3 is 2.81 bits per heavy atom. The third-order valence-electron chi connectivity index (χ3n) is 5.39. The number of methoxy groups -OCH3 is 1. The summed E-state index contributed by atoms with van der Waals surface area (Å²) in [5.74, 6) is 1.41. The maximum atomic E-state index is 6.33. The molecule has 1 spiro atoms. The van der Waals surface area contributed by atoms with Crippen molar-refractivity contribution in [3.63, 3.8) is 0 Å². The molecule has 7 heteroatoms. The molecular formula is C19H22Cl2N2O3. The lowest BCUT2D eigenvalue weighted by Crippen LogP contribution is -2.44. The van der Waals surface area contributed by atoms with Crippen LogP contribution in [0.3, 0.4) is 0 Å². The van der Waals surface area contributed by atoms with E-state index in [0.29, 0.717) is 21.8 Å². The van der Waals surface area contributed by atoms with Gasteiger partial charge >= 0.3 is 0 Å². The minimum atomic E-state index is -0.0846. The van der Waals surface area contributed by atoms with E-state index in [9.17, 15) is 0 Å². The van der Waals surface area contributed by atoms with Crippen molar-refractivity contribution in [1.29, 1.82) is 0 Å². The normalized spacial score (nSPS) is 22.5. The molecule has 0 N–H and O–H groups in total. The highest BCUT2D eigenvalue weighted by atomic mass is 35.5. The predicted octanol–water partition coefficient (Wildman–Crippen LogP) is 4.77. The molecule has 1 atom stereocenters. The molecule has 0 radical (unpaired) electrons. The summed E-state index contributed by atoms with van der Waals surface area (Å²) in [6, 6.07) is 3.85. The molecule has 1 unspecified atom stereocenters. The first kappa shape index (κ1) is 18.1. The lowest BCUT2D eigenvalue weighted by atomic mass is 9.84. The van der Waals surface area contributed by atoms with Gasteiger partial charge < -0.3 is 18.8 Å². The van der Waals surface area contributed by atoms with Gasteiger partial charge in [-0.15, -0.1) is 0 Å². The fourth-order valence-electron chi connectivity index (χ4n) is 4.08. The molecule has 3 heterocycles. The van der Waals surface area contributed by atoms with E-state index in [-0.39, 0.29) is 5.60 Å². The molecular weight excluding hydrogens is 375 g/mol. The molecule has 5 nitrogen and oxygen atoms in total. The number of imidazole rings is 1. The zero-order chi connectivity index (χ0) is 18.1. The van der Waals surface area contributed by atoms with Gasteiger partial charge in [-0.05, 0) is 37.8 Å². The molecule has 0 bridgehead atoms. The van der Waals surface area contributed by atoms with Crippen LogP contribution in [-0.4, -0.2) is 42.1 Å². The van der Waals surface area contributed by atoms with Crippen molar-refractivity contribution in [2.45, 2.75) is 37.3 Å². The maximum absolute atomic E-state index is 6.33. The molecule has 1 aromatic carbocycles. The largest absolute Gasteiger partial charge is 0.494 e. The highest BCUT2D eigenvalue weighted by Gasteiger charge is 2.40. The van der Waals surface area contributed by atoms with Gasteiger partial charge in [0.15, 0.2) is 0 Å². The fraction of sp³-hybridized carbons (Fsp3) is 0.526. The summed E-state index contributed by atoms with van der Waals surface area (Å²) < 4.78 is 19.4. The Balaban J connectivity index is 1.70. The number of nitrogens with zero attached hydrogens (tertiary/aromatic N) is 2. The van der Waals surface area contributed by atoms with Crippen molar-refractivity contribution >= 4 is 23.2 Å². The topological polar surface area (TPSA) is 45.5 Å². The zero-order valence-corrected chi connectivity index (χ0v) is 16.2. The molecule has 0 amide bonds. The molecule has 140 valence electrons. The third kappa shape index (κ3) is 3.33. The van der Waals surface area contributed by atoms with Gasteiger partial charge in [-0.25, -0.2) is 4.98 Å². The third-order valence-corrected chi connectivity index (χ3v) is 5.89. The summed E-state index contributed by atoms with van der Waals surface area (Å²) >= 11 is 12.6. The molecule has 0 saturated carbocycles. The Kier molecular flexibility index (Phi) is 5.15. The Hall–Kier alpha value is -1.27. The first-order chi connectivity index (χ1) is 12.6. The minimum Gasteiger partial charge on any atom is -0.494 e. The van der Waals surface area contributed by atoms with Crippen LogP contribution in [0.2, 0.25) is 10.0 Å². The van der Waals surface area contributed by atoms with Gasteiger partial charge in [-0.1, -0.05) is 23.2 Å². The van der Waals surface area contributed by atoms with Crippen molar-refractivity contribution in [2.75, 3.05) is 26.9 Å². The molecule has 2 aromatic rings. The second-order valence-corrected chi connectivity index (χ2v) is 7.76. The van der Waals surface area contributed by atoms with Crippen LogP contribution in [0.4, 0.5) is 0 Å². The second kappa shape index (κ2) is 7.39. The van der Waals surface area contributed by atoms with E-state index in [1.807, 2.05) is 18.5 Å². The van der Waals surface area contributed by atoms with E-state index in [1.165, 1.54) is 0 Å². The first-order valence-electron chi connectivity index (χ1n) is 8.90. The predicted molar refractivity (Wildman–Crippen MR) is 101 cm³/mol. The van der Waals surface area contributed by atoms with Crippen LogP contribution in [0.15, 0.2) is 24.5 Å². The van der Waals surface area contributed by atoms with E-state index in [1.54, 1.807) is 13.2 Å². The monoisotopic (exact) mass is 396 g/mol. The Morgan fingerprint density at radius 2 is 2.04 bits per heavy atom. The molecule has 2 aliphatic heterocycles. The number of ether oxygens (including phenoxy) is 3. The average molecular weight is 397 g/mol. The first-order valence-corrected chi connectivity index (χ1v) is 9.65. The van der Waals surface area contributed by atoms with Gasteiger partial charge in [0.1, 0.15) is 11.6 Å². The van der Waals surface area contributed by atoms with E-state index in [4.69, 9.17) is 37.4 Å². The SMILES string of the molecule is COc1c(Cl)cc(Cl)cc1-c1nccn1C1CCOC2(CCOCC2)C1. The molecule has 2 fully saturated rings.